The summed E-state index contributed by atoms with van der Waals surface area (Å²) in [5.74, 6) is 1.28. The lowest BCUT2D eigenvalue weighted by atomic mass is 9.93. The topological polar surface area (TPSA) is 33.3 Å². The number of ether oxygens (including phenoxy) is 1. The van der Waals surface area contributed by atoms with E-state index in [0.29, 0.717) is 11.0 Å². The first kappa shape index (κ1) is 19.3. The molecule has 2 aromatic rings. The summed E-state index contributed by atoms with van der Waals surface area (Å²) >= 11 is 5.52. The minimum atomic E-state index is 0.169. The average Bonchev–Trinajstić information content (AvgIpc) is 2.54. The number of aryl methyl sites for hydroxylation is 1. The highest BCUT2D eigenvalue weighted by atomic mass is 32.1. The van der Waals surface area contributed by atoms with E-state index in [1.54, 1.807) is 0 Å². The van der Waals surface area contributed by atoms with Gasteiger partial charge in [0, 0.05) is 5.69 Å². The van der Waals surface area contributed by atoms with Gasteiger partial charge < -0.3 is 15.4 Å². The molecule has 2 aromatic carbocycles. The molecule has 0 aromatic heterocycles. The summed E-state index contributed by atoms with van der Waals surface area (Å²) in [6.45, 7) is 10.6. The van der Waals surface area contributed by atoms with Gasteiger partial charge in [0.25, 0.3) is 0 Å². The fourth-order valence-electron chi connectivity index (χ4n) is 2.74. The largest absolute Gasteiger partial charge is 0.491 e. The van der Waals surface area contributed by atoms with E-state index in [1.165, 1.54) is 11.1 Å². The average molecular weight is 357 g/mol. The first-order valence-electron chi connectivity index (χ1n) is 8.76. The van der Waals surface area contributed by atoms with Crippen LogP contribution in [0.25, 0.3) is 0 Å². The zero-order valence-corrected chi connectivity index (χ0v) is 16.5. The summed E-state index contributed by atoms with van der Waals surface area (Å²) in [7, 11) is 0. The van der Waals surface area contributed by atoms with E-state index < -0.39 is 0 Å². The van der Waals surface area contributed by atoms with Crippen molar-refractivity contribution in [2.24, 2.45) is 5.92 Å². The van der Waals surface area contributed by atoms with Crippen molar-refractivity contribution in [2.75, 3.05) is 5.32 Å². The smallest absolute Gasteiger partial charge is 0.171 e. The highest BCUT2D eigenvalue weighted by Crippen LogP contribution is 2.25. The zero-order valence-electron chi connectivity index (χ0n) is 15.7. The van der Waals surface area contributed by atoms with E-state index in [1.807, 2.05) is 38.1 Å². The van der Waals surface area contributed by atoms with Crippen LogP contribution in [0.3, 0.4) is 0 Å². The first-order valence-corrected chi connectivity index (χ1v) is 9.17. The van der Waals surface area contributed by atoms with Gasteiger partial charge in [0.05, 0.1) is 12.1 Å². The molecule has 2 N–H and O–H groups in total. The van der Waals surface area contributed by atoms with Gasteiger partial charge >= 0.3 is 0 Å². The third kappa shape index (κ3) is 5.75. The van der Waals surface area contributed by atoms with Crippen LogP contribution < -0.4 is 15.4 Å². The lowest BCUT2D eigenvalue weighted by molar-refractivity contribution is 0.242. The summed E-state index contributed by atoms with van der Waals surface area (Å²) in [6, 6.07) is 16.5. The fourth-order valence-corrected chi connectivity index (χ4v) is 2.98. The molecule has 0 aliphatic heterocycles. The summed E-state index contributed by atoms with van der Waals surface area (Å²) < 4.78 is 5.66. The minimum Gasteiger partial charge on any atom is -0.491 e. The lowest BCUT2D eigenvalue weighted by Crippen LogP contribution is -2.35. The number of hydrogen-bond acceptors (Lipinski definition) is 2. The highest BCUT2D eigenvalue weighted by molar-refractivity contribution is 7.80. The van der Waals surface area contributed by atoms with Gasteiger partial charge in [-0.3, -0.25) is 0 Å². The van der Waals surface area contributed by atoms with Crippen LogP contribution in [0, 0.1) is 12.8 Å². The van der Waals surface area contributed by atoms with Gasteiger partial charge in [0.15, 0.2) is 5.11 Å². The predicted molar refractivity (Wildman–Crippen MR) is 110 cm³/mol. The molecular formula is C21H28N2OS. The van der Waals surface area contributed by atoms with Gasteiger partial charge in [-0.05, 0) is 74.3 Å². The van der Waals surface area contributed by atoms with Crippen LogP contribution >= 0.6 is 12.2 Å². The molecule has 0 aliphatic carbocycles. The van der Waals surface area contributed by atoms with Gasteiger partial charge in [-0.15, -0.1) is 0 Å². The molecule has 0 saturated heterocycles. The molecule has 0 fully saturated rings. The molecule has 25 heavy (non-hydrogen) atoms. The number of nitrogens with one attached hydrogen (secondary N) is 2. The molecule has 0 spiro atoms. The Hall–Kier alpha value is -2.07. The van der Waals surface area contributed by atoms with E-state index in [9.17, 15) is 0 Å². The Morgan fingerprint density at radius 2 is 1.60 bits per heavy atom. The van der Waals surface area contributed by atoms with Crippen molar-refractivity contribution >= 4 is 23.0 Å². The molecular weight excluding hydrogens is 328 g/mol. The van der Waals surface area contributed by atoms with Crippen LogP contribution in [0.2, 0.25) is 0 Å². The van der Waals surface area contributed by atoms with Crippen molar-refractivity contribution in [2.45, 2.75) is 46.8 Å². The first-order chi connectivity index (χ1) is 11.9. The normalized spacial score (nSPS) is 12.1. The third-order valence-electron chi connectivity index (χ3n) is 3.96. The third-order valence-corrected chi connectivity index (χ3v) is 4.18. The van der Waals surface area contributed by atoms with Gasteiger partial charge in [-0.25, -0.2) is 0 Å². The molecule has 0 aliphatic rings. The van der Waals surface area contributed by atoms with Gasteiger partial charge in [0.2, 0.25) is 0 Å². The Labute approximate surface area is 156 Å². The minimum absolute atomic E-state index is 0.169. The SMILES string of the molecule is Cc1ccccc1[C@H](NC(=S)Nc1ccc(OC(C)C)cc1)C(C)C. The van der Waals surface area contributed by atoms with Crippen molar-refractivity contribution in [3.8, 4) is 5.75 Å². The highest BCUT2D eigenvalue weighted by Gasteiger charge is 2.18. The summed E-state index contributed by atoms with van der Waals surface area (Å²) in [5.41, 5.74) is 3.50. The molecule has 2 rings (SSSR count). The second kappa shape index (κ2) is 8.86. The standard InChI is InChI=1S/C21H28N2OS/c1-14(2)20(19-9-7-6-8-16(19)5)23-21(25)22-17-10-12-18(13-11-17)24-15(3)4/h6-15,20H,1-5H3,(H2,22,23,25)/t20-/m1/s1. The van der Waals surface area contributed by atoms with Crippen molar-refractivity contribution in [1.82, 2.24) is 5.32 Å². The Kier molecular flexibility index (Phi) is 6.82. The van der Waals surface area contributed by atoms with Crippen LogP contribution in [-0.2, 0) is 0 Å². The number of rotatable bonds is 6. The molecule has 0 heterocycles. The van der Waals surface area contributed by atoms with E-state index in [-0.39, 0.29) is 12.1 Å². The predicted octanol–water partition coefficient (Wildman–Crippen LogP) is 5.47. The maximum atomic E-state index is 5.66. The summed E-state index contributed by atoms with van der Waals surface area (Å²) in [5, 5.41) is 7.34. The Balaban J connectivity index is 2.03. The van der Waals surface area contributed by atoms with Gasteiger partial charge in [-0.1, -0.05) is 38.1 Å². The lowest BCUT2D eigenvalue weighted by Gasteiger charge is -2.26. The van der Waals surface area contributed by atoms with Crippen LogP contribution in [0.4, 0.5) is 5.69 Å². The van der Waals surface area contributed by atoms with Crippen LogP contribution in [0.1, 0.15) is 44.9 Å². The number of thiocarbonyl (C=S) groups is 1. The Bertz CT molecular complexity index is 695. The molecule has 0 amide bonds. The molecule has 4 heteroatoms. The van der Waals surface area contributed by atoms with Gasteiger partial charge in [0.1, 0.15) is 5.75 Å². The monoisotopic (exact) mass is 356 g/mol. The quantitative estimate of drug-likeness (QED) is 0.673. The van der Waals surface area contributed by atoms with E-state index in [0.717, 1.165) is 11.4 Å². The maximum Gasteiger partial charge on any atom is 0.171 e. The van der Waals surface area contributed by atoms with Crippen molar-refractivity contribution in [1.29, 1.82) is 0 Å². The number of benzene rings is 2. The number of anilines is 1. The fraction of sp³-hybridized carbons (Fsp3) is 0.381. The molecule has 0 saturated carbocycles. The van der Waals surface area contributed by atoms with Crippen molar-refractivity contribution in [3.05, 3.63) is 59.7 Å². The Morgan fingerprint density at radius 3 is 2.16 bits per heavy atom. The van der Waals surface area contributed by atoms with Crippen LogP contribution in [0.5, 0.6) is 5.75 Å². The molecule has 3 nitrogen and oxygen atoms in total. The zero-order chi connectivity index (χ0) is 18.4. The molecule has 0 bridgehead atoms. The maximum absolute atomic E-state index is 5.66. The molecule has 0 radical (unpaired) electrons. The van der Waals surface area contributed by atoms with Crippen LogP contribution in [0.15, 0.2) is 48.5 Å². The van der Waals surface area contributed by atoms with Crippen molar-refractivity contribution < 1.29 is 4.74 Å². The number of hydrogen-bond donors (Lipinski definition) is 2. The van der Waals surface area contributed by atoms with E-state index >= 15 is 0 Å². The van der Waals surface area contributed by atoms with Crippen molar-refractivity contribution in [3.63, 3.8) is 0 Å². The van der Waals surface area contributed by atoms with Crippen LogP contribution in [-0.4, -0.2) is 11.2 Å². The van der Waals surface area contributed by atoms with E-state index in [2.05, 4.69) is 55.7 Å². The molecule has 134 valence electrons. The summed E-state index contributed by atoms with van der Waals surface area (Å²) in [4.78, 5) is 0. The summed E-state index contributed by atoms with van der Waals surface area (Å²) in [6.07, 6.45) is 0.169. The molecule has 0 unspecified atom stereocenters. The second-order valence-corrected chi connectivity index (χ2v) is 7.28. The second-order valence-electron chi connectivity index (χ2n) is 6.87. The Morgan fingerprint density at radius 1 is 0.960 bits per heavy atom. The molecule has 1 atom stereocenters. The van der Waals surface area contributed by atoms with E-state index in [4.69, 9.17) is 17.0 Å². The van der Waals surface area contributed by atoms with Gasteiger partial charge in [-0.2, -0.15) is 0 Å².